The molecule has 0 aliphatic carbocycles. The number of carbonyl (C=O) groups is 3. The predicted octanol–water partition coefficient (Wildman–Crippen LogP) is 6.59. The Bertz CT molecular complexity index is 1320. The lowest BCUT2D eigenvalue weighted by molar-refractivity contribution is -0.139. The van der Waals surface area contributed by atoms with E-state index in [0.29, 0.717) is 41.6 Å². The van der Waals surface area contributed by atoms with Crippen LogP contribution in [0.1, 0.15) is 48.5 Å². The number of esters is 3. The molecule has 0 N–H and O–H groups in total. The second-order valence-electron chi connectivity index (χ2n) is 9.09. The van der Waals surface area contributed by atoms with Crippen LogP contribution < -0.4 is 18.9 Å². The molecule has 0 bridgehead atoms. The minimum absolute atomic E-state index is 0.303. The number of unbranched alkanes of at least 4 members (excludes halogenated alkanes) is 3. The fourth-order valence-electron chi connectivity index (χ4n) is 3.49. The minimum Gasteiger partial charge on any atom is -0.497 e. The van der Waals surface area contributed by atoms with E-state index < -0.39 is 11.9 Å². The number of benzene rings is 3. The van der Waals surface area contributed by atoms with Crippen molar-refractivity contribution < 1.29 is 38.1 Å². The summed E-state index contributed by atoms with van der Waals surface area (Å²) in [6.07, 6.45) is 6.61. The maximum atomic E-state index is 12.3. The van der Waals surface area contributed by atoms with Gasteiger partial charge in [0.2, 0.25) is 0 Å². The quantitative estimate of drug-likeness (QED) is 0.0892. The van der Waals surface area contributed by atoms with Crippen LogP contribution in [-0.4, -0.2) is 38.2 Å². The molecule has 0 aromatic heterocycles. The number of methoxy groups -OCH3 is 1. The molecule has 0 fully saturated rings. The van der Waals surface area contributed by atoms with Crippen molar-refractivity contribution in [2.45, 2.75) is 32.6 Å². The van der Waals surface area contributed by atoms with Crippen LogP contribution in [0.3, 0.4) is 0 Å². The van der Waals surface area contributed by atoms with Crippen molar-refractivity contribution in [1.29, 1.82) is 0 Å². The Morgan fingerprint density at radius 2 is 1.27 bits per heavy atom. The van der Waals surface area contributed by atoms with Crippen molar-refractivity contribution in [2.75, 3.05) is 20.3 Å². The van der Waals surface area contributed by atoms with Gasteiger partial charge in [-0.05, 0) is 105 Å². The van der Waals surface area contributed by atoms with Gasteiger partial charge in [0.1, 0.15) is 23.0 Å². The molecule has 3 rings (SSSR count). The van der Waals surface area contributed by atoms with Crippen LogP contribution >= 0.6 is 0 Å². The van der Waals surface area contributed by atoms with Crippen LogP contribution in [0.5, 0.6) is 23.0 Å². The SMILES string of the molecule is C=C(C)C(=O)OCCCCCCOc1ccc(/C=C/C(=O)Oc2ccc(C(=O)Oc3ccc(OC)cc3)cc2)cc1. The van der Waals surface area contributed by atoms with E-state index in [1.54, 1.807) is 44.4 Å². The summed E-state index contributed by atoms with van der Waals surface area (Å²) in [7, 11) is 1.56. The first-order chi connectivity index (χ1) is 19.8. The normalized spacial score (nSPS) is 10.6. The highest BCUT2D eigenvalue weighted by atomic mass is 16.5. The average Bonchev–Trinajstić information content (AvgIpc) is 2.98. The van der Waals surface area contributed by atoms with E-state index in [2.05, 4.69) is 6.58 Å². The topological polar surface area (TPSA) is 97.4 Å². The zero-order valence-electron chi connectivity index (χ0n) is 23.3. The molecule has 0 amide bonds. The van der Waals surface area contributed by atoms with Gasteiger partial charge in [-0.15, -0.1) is 0 Å². The summed E-state index contributed by atoms with van der Waals surface area (Å²) in [6, 6.07) is 20.1. The van der Waals surface area contributed by atoms with E-state index in [9.17, 15) is 14.4 Å². The summed E-state index contributed by atoms with van der Waals surface area (Å²) >= 11 is 0. The number of hydrogen-bond donors (Lipinski definition) is 0. The number of hydrogen-bond acceptors (Lipinski definition) is 8. The molecule has 0 spiro atoms. The molecule has 0 aliphatic rings. The molecule has 8 nitrogen and oxygen atoms in total. The van der Waals surface area contributed by atoms with Crippen LogP contribution in [0.4, 0.5) is 0 Å². The van der Waals surface area contributed by atoms with Crippen molar-refractivity contribution in [3.05, 3.63) is 102 Å². The van der Waals surface area contributed by atoms with Gasteiger partial charge >= 0.3 is 17.9 Å². The third kappa shape index (κ3) is 11.0. The van der Waals surface area contributed by atoms with Crippen molar-refractivity contribution in [2.24, 2.45) is 0 Å². The Balaban J connectivity index is 1.35. The van der Waals surface area contributed by atoms with Gasteiger partial charge in [-0.3, -0.25) is 0 Å². The van der Waals surface area contributed by atoms with Crippen LogP contribution in [0.15, 0.2) is 91.0 Å². The lowest BCUT2D eigenvalue weighted by Gasteiger charge is -2.07. The smallest absolute Gasteiger partial charge is 0.343 e. The van der Waals surface area contributed by atoms with Gasteiger partial charge in [-0.2, -0.15) is 0 Å². The fourth-order valence-corrected chi connectivity index (χ4v) is 3.49. The lowest BCUT2D eigenvalue weighted by atomic mass is 10.2. The summed E-state index contributed by atoms with van der Waals surface area (Å²) in [5.74, 6) is 0.673. The van der Waals surface area contributed by atoms with Gasteiger partial charge in [0, 0.05) is 11.6 Å². The van der Waals surface area contributed by atoms with Gasteiger partial charge in [0.05, 0.1) is 25.9 Å². The van der Waals surface area contributed by atoms with Gasteiger partial charge in [-0.1, -0.05) is 18.7 Å². The minimum atomic E-state index is -0.548. The molecular weight excluding hydrogens is 524 g/mol. The summed E-state index contributed by atoms with van der Waals surface area (Å²) in [5.41, 5.74) is 1.55. The van der Waals surface area contributed by atoms with Crippen molar-refractivity contribution in [1.82, 2.24) is 0 Å². The monoisotopic (exact) mass is 558 g/mol. The first-order valence-corrected chi connectivity index (χ1v) is 13.3. The van der Waals surface area contributed by atoms with E-state index in [4.69, 9.17) is 23.7 Å². The molecule has 0 radical (unpaired) electrons. The first-order valence-electron chi connectivity index (χ1n) is 13.3. The van der Waals surface area contributed by atoms with Gasteiger partial charge in [0.25, 0.3) is 0 Å². The van der Waals surface area contributed by atoms with E-state index in [0.717, 1.165) is 37.0 Å². The Kier molecular flexibility index (Phi) is 12.2. The van der Waals surface area contributed by atoms with Crippen LogP contribution in [-0.2, 0) is 14.3 Å². The second kappa shape index (κ2) is 16.3. The Labute approximate surface area is 240 Å². The molecule has 0 saturated heterocycles. The Morgan fingerprint density at radius 3 is 1.90 bits per heavy atom. The summed E-state index contributed by atoms with van der Waals surface area (Å²) in [6.45, 7) is 6.18. The average molecular weight is 559 g/mol. The third-order valence-electron chi connectivity index (χ3n) is 5.76. The van der Waals surface area contributed by atoms with Crippen molar-refractivity contribution in [3.63, 3.8) is 0 Å². The molecule has 214 valence electrons. The predicted molar refractivity (Wildman–Crippen MR) is 155 cm³/mol. The van der Waals surface area contributed by atoms with Crippen LogP contribution in [0.2, 0.25) is 0 Å². The number of rotatable bonds is 15. The Hall–Kier alpha value is -4.85. The van der Waals surface area contributed by atoms with E-state index in [-0.39, 0.29) is 5.97 Å². The largest absolute Gasteiger partial charge is 0.497 e. The summed E-state index contributed by atoms with van der Waals surface area (Å²) in [4.78, 5) is 35.9. The van der Waals surface area contributed by atoms with Gasteiger partial charge in [0.15, 0.2) is 0 Å². The molecule has 3 aromatic rings. The van der Waals surface area contributed by atoms with Crippen molar-refractivity contribution >= 4 is 24.0 Å². The summed E-state index contributed by atoms with van der Waals surface area (Å²) in [5, 5.41) is 0. The van der Waals surface area contributed by atoms with Gasteiger partial charge in [-0.25, -0.2) is 14.4 Å². The highest BCUT2D eigenvalue weighted by Crippen LogP contribution is 2.20. The van der Waals surface area contributed by atoms with E-state index >= 15 is 0 Å². The molecular formula is C33H34O8. The van der Waals surface area contributed by atoms with Crippen LogP contribution in [0.25, 0.3) is 6.08 Å². The molecule has 0 saturated carbocycles. The standard InChI is InChI=1S/C33H34O8/c1-24(2)32(35)39-23-7-5-4-6-22-38-28-13-8-25(9-14-28)10-21-31(34)40-29-15-11-26(12-16-29)33(36)41-30-19-17-27(37-3)18-20-30/h8-21H,1,4-7,22-23H2,2-3H3/b21-10+. The number of ether oxygens (including phenoxy) is 5. The molecule has 0 atom stereocenters. The highest BCUT2D eigenvalue weighted by Gasteiger charge is 2.10. The summed E-state index contributed by atoms with van der Waals surface area (Å²) < 4.78 is 26.6. The molecule has 0 unspecified atom stereocenters. The second-order valence-corrected chi connectivity index (χ2v) is 9.09. The maximum absolute atomic E-state index is 12.3. The maximum Gasteiger partial charge on any atom is 0.343 e. The molecule has 0 heterocycles. The third-order valence-corrected chi connectivity index (χ3v) is 5.76. The molecule has 0 aliphatic heterocycles. The zero-order valence-corrected chi connectivity index (χ0v) is 23.3. The van der Waals surface area contributed by atoms with Crippen molar-refractivity contribution in [3.8, 4) is 23.0 Å². The Morgan fingerprint density at radius 1 is 0.707 bits per heavy atom. The van der Waals surface area contributed by atoms with E-state index in [1.807, 2.05) is 24.3 Å². The van der Waals surface area contributed by atoms with E-state index in [1.165, 1.54) is 30.3 Å². The zero-order chi connectivity index (χ0) is 29.5. The highest BCUT2D eigenvalue weighted by molar-refractivity contribution is 5.92. The van der Waals surface area contributed by atoms with Gasteiger partial charge < -0.3 is 23.7 Å². The molecule has 41 heavy (non-hydrogen) atoms. The molecule has 8 heteroatoms. The molecule has 3 aromatic carbocycles. The first kappa shape index (κ1) is 30.7. The fraction of sp³-hybridized carbons (Fsp3) is 0.242. The van der Waals surface area contributed by atoms with Crippen LogP contribution in [0, 0.1) is 0 Å². The number of carbonyl (C=O) groups excluding carboxylic acids is 3. The lowest BCUT2D eigenvalue weighted by Crippen LogP contribution is -2.09.